The largest absolute Gasteiger partial charge is 0.350 e. The van der Waals surface area contributed by atoms with Crippen molar-refractivity contribution in [2.45, 2.75) is 19.4 Å². The first-order valence-electron chi connectivity index (χ1n) is 11.6. The first kappa shape index (κ1) is 19.9. The quantitative estimate of drug-likeness (QED) is 0.458. The third-order valence-electron chi connectivity index (χ3n) is 7.06. The summed E-state index contributed by atoms with van der Waals surface area (Å²) in [7, 11) is 0. The lowest BCUT2D eigenvalue weighted by molar-refractivity contribution is 0.0592. The number of hydrogen-bond donors (Lipinski definition) is 0. The zero-order chi connectivity index (χ0) is 22.4. The topological polar surface area (TPSA) is 49.3 Å². The smallest absolute Gasteiger partial charge is 0.254 e. The van der Waals surface area contributed by atoms with Crippen molar-refractivity contribution in [2.24, 2.45) is 5.92 Å². The van der Waals surface area contributed by atoms with Crippen LogP contribution < -0.4 is 4.90 Å². The van der Waals surface area contributed by atoms with E-state index in [1.165, 1.54) is 0 Å². The van der Waals surface area contributed by atoms with Crippen molar-refractivity contribution in [3.8, 4) is 11.1 Å². The molecule has 1 amide bonds. The molecule has 2 atom stereocenters. The third-order valence-corrected chi connectivity index (χ3v) is 7.06. The zero-order valence-electron chi connectivity index (χ0n) is 18.7. The Bertz CT molecular complexity index is 1340. The lowest BCUT2D eigenvalue weighted by Gasteiger charge is -2.54. The molecule has 3 heterocycles. The van der Waals surface area contributed by atoms with E-state index in [9.17, 15) is 4.79 Å². The molecule has 1 unspecified atom stereocenters. The van der Waals surface area contributed by atoms with Crippen LogP contribution in [-0.4, -0.2) is 46.5 Å². The van der Waals surface area contributed by atoms with E-state index in [2.05, 4.69) is 34.1 Å². The van der Waals surface area contributed by atoms with E-state index in [4.69, 9.17) is 4.98 Å². The van der Waals surface area contributed by atoms with Gasteiger partial charge in [-0.15, -0.1) is 0 Å². The number of aryl methyl sites for hydroxylation is 1. The summed E-state index contributed by atoms with van der Waals surface area (Å²) in [5.74, 6) is 1.63. The van der Waals surface area contributed by atoms with Crippen molar-refractivity contribution in [3.05, 3.63) is 90.1 Å². The van der Waals surface area contributed by atoms with Crippen molar-refractivity contribution >= 4 is 22.8 Å². The fraction of sp³-hybridized carbons (Fsp3) is 0.250. The number of carbonyl (C=O) groups excluding carboxylic acids is 1. The van der Waals surface area contributed by atoms with Gasteiger partial charge in [-0.05, 0) is 42.7 Å². The Morgan fingerprint density at radius 3 is 2.58 bits per heavy atom. The molecule has 0 bridgehead atoms. The Labute approximate surface area is 193 Å². The van der Waals surface area contributed by atoms with Gasteiger partial charge in [0, 0.05) is 31.1 Å². The number of fused-ring (bicyclic) bond motifs is 2. The number of carbonyl (C=O) groups is 1. The van der Waals surface area contributed by atoms with Crippen molar-refractivity contribution in [2.75, 3.05) is 24.5 Å². The number of para-hydroxylation sites is 2. The summed E-state index contributed by atoms with van der Waals surface area (Å²) in [4.78, 5) is 27.5. The molecule has 6 rings (SSSR count). The molecule has 2 aliphatic heterocycles. The minimum absolute atomic E-state index is 0.118. The van der Waals surface area contributed by atoms with Gasteiger partial charge in [0.25, 0.3) is 5.91 Å². The van der Waals surface area contributed by atoms with E-state index in [-0.39, 0.29) is 5.91 Å². The standard InChI is InChI=1S/C28H26N4O/c1-19-11-12-22(20-7-3-2-4-8-20)23(15-19)28(33)31-14-13-21-17-32(26(21)18-31)27-16-29-24-9-5-6-10-25(24)30-27/h2-12,15-16,21,26H,13-14,17-18H2,1H3/t21?,26-/m1/s1. The van der Waals surface area contributed by atoms with E-state index in [1.54, 1.807) is 0 Å². The van der Waals surface area contributed by atoms with Gasteiger partial charge in [0.05, 0.1) is 23.3 Å². The SMILES string of the molecule is Cc1ccc(-c2ccccc2)c(C(=O)N2CCC3CN(c4cnc5ccccc5n4)[C@@H]3C2)c1. The van der Waals surface area contributed by atoms with Crippen LogP contribution in [0.15, 0.2) is 79.0 Å². The van der Waals surface area contributed by atoms with E-state index in [0.717, 1.165) is 65.2 Å². The predicted octanol–water partition coefficient (Wildman–Crippen LogP) is 4.96. The van der Waals surface area contributed by atoms with Gasteiger partial charge >= 0.3 is 0 Å². The molecule has 2 fully saturated rings. The molecule has 2 aliphatic rings. The van der Waals surface area contributed by atoms with E-state index in [1.807, 2.05) is 66.6 Å². The summed E-state index contributed by atoms with van der Waals surface area (Å²) >= 11 is 0. The Morgan fingerprint density at radius 2 is 1.73 bits per heavy atom. The maximum atomic E-state index is 13.7. The van der Waals surface area contributed by atoms with Crippen LogP contribution in [0.25, 0.3) is 22.2 Å². The lowest BCUT2D eigenvalue weighted by Crippen LogP contribution is -2.65. The van der Waals surface area contributed by atoms with Gasteiger partial charge in [-0.1, -0.05) is 60.2 Å². The molecule has 0 radical (unpaired) electrons. The molecule has 164 valence electrons. The minimum atomic E-state index is 0.118. The average Bonchev–Trinajstić information content (AvgIpc) is 2.85. The molecular weight excluding hydrogens is 408 g/mol. The molecule has 4 aromatic rings. The van der Waals surface area contributed by atoms with Crippen LogP contribution in [0.3, 0.4) is 0 Å². The van der Waals surface area contributed by atoms with Crippen LogP contribution in [0.1, 0.15) is 22.3 Å². The average molecular weight is 435 g/mol. The Hall–Kier alpha value is -3.73. The second-order valence-corrected chi connectivity index (χ2v) is 9.15. The lowest BCUT2D eigenvalue weighted by atomic mass is 9.82. The van der Waals surface area contributed by atoms with Gasteiger partial charge < -0.3 is 9.80 Å². The molecule has 0 N–H and O–H groups in total. The molecule has 0 aliphatic carbocycles. The van der Waals surface area contributed by atoms with Crippen LogP contribution in [0.2, 0.25) is 0 Å². The minimum Gasteiger partial charge on any atom is -0.350 e. The van der Waals surface area contributed by atoms with Crippen LogP contribution in [0, 0.1) is 12.8 Å². The molecule has 0 spiro atoms. The van der Waals surface area contributed by atoms with Gasteiger partial charge in [-0.3, -0.25) is 9.78 Å². The van der Waals surface area contributed by atoms with Crippen molar-refractivity contribution in [1.82, 2.24) is 14.9 Å². The van der Waals surface area contributed by atoms with Crippen molar-refractivity contribution < 1.29 is 4.79 Å². The van der Waals surface area contributed by atoms with Crippen molar-refractivity contribution in [3.63, 3.8) is 0 Å². The second-order valence-electron chi connectivity index (χ2n) is 9.15. The summed E-state index contributed by atoms with van der Waals surface area (Å²) in [6.45, 7) is 4.56. The highest BCUT2D eigenvalue weighted by molar-refractivity contribution is 6.01. The molecule has 2 saturated heterocycles. The molecular formula is C28H26N4O. The number of hydrogen-bond acceptors (Lipinski definition) is 4. The fourth-order valence-corrected chi connectivity index (χ4v) is 5.20. The highest BCUT2D eigenvalue weighted by Crippen LogP contribution is 2.37. The fourth-order valence-electron chi connectivity index (χ4n) is 5.20. The molecule has 33 heavy (non-hydrogen) atoms. The number of nitrogens with zero attached hydrogens (tertiary/aromatic N) is 4. The Kier molecular flexibility index (Phi) is 4.83. The second kappa shape index (κ2) is 8.00. The Balaban J connectivity index is 1.26. The molecule has 5 heteroatoms. The number of rotatable bonds is 3. The number of aromatic nitrogens is 2. The summed E-state index contributed by atoms with van der Waals surface area (Å²) in [5, 5.41) is 0. The number of amides is 1. The summed E-state index contributed by atoms with van der Waals surface area (Å²) in [6.07, 6.45) is 2.90. The van der Waals surface area contributed by atoms with Gasteiger partial charge in [0.2, 0.25) is 0 Å². The molecule has 5 nitrogen and oxygen atoms in total. The van der Waals surface area contributed by atoms with Gasteiger partial charge in [0.15, 0.2) is 0 Å². The first-order valence-corrected chi connectivity index (χ1v) is 11.6. The third kappa shape index (κ3) is 3.54. The molecule has 1 aromatic heterocycles. The maximum absolute atomic E-state index is 13.7. The molecule has 3 aromatic carbocycles. The summed E-state index contributed by atoms with van der Waals surface area (Å²) in [6, 6.07) is 24.6. The Morgan fingerprint density at radius 1 is 0.939 bits per heavy atom. The van der Waals surface area contributed by atoms with Gasteiger partial charge in [-0.2, -0.15) is 0 Å². The summed E-state index contributed by atoms with van der Waals surface area (Å²) in [5.41, 5.74) is 5.79. The number of benzene rings is 3. The van der Waals surface area contributed by atoms with Gasteiger partial charge in [-0.25, -0.2) is 4.98 Å². The van der Waals surface area contributed by atoms with E-state index in [0.29, 0.717) is 12.0 Å². The van der Waals surface area contributed by atoms with E-state index >= 15 is 0 Å². The number of piperidine rings is 1. The predicted molar refractivity (Wildman–Crippen MR) is 131 cm³/mol. The zero-order valence-corrected chi connectivity index (χ0v) is 18.7. The maximum Gasteiger partial charge on any atom is 0.254 e. The molecule has 0 saturated carbocycles. The van der Waals surface area contributed by atoms with Crippen LogP contribution >= 0.6 is 0 Å². The normalized spacial score (nSPS) is 19.8. The van der Waals surface area contributed by atoms with E-state index < -0.39 is 0 Å². The first-order chi connectivity index (χ1) is 16.2. The summed E-state index contributed by atoms with van der Waals surface area (Å²) < 4.78 is 0. The highest BCUT2D eigenvalue weighted by atomic mass is 16.2. The highest BCUT2D eigenvalue weighted by Gasteiger charge is 2.44. The van der Waals surface area contributed by atoms with Crippen LogP contribution in [-0.2, 0) is 0 Å². The van der Waals surface area contributed by atoms with Crippen LogP contribution in [0.4, 0.5) is 5.82 Å². The van der Waals surface area contributed by atoms with Crippen LogP contribution in [0.5, 0.6) is 0 Å². The monoisotopic (exact) mass is 434 g/mol. The van der Waals surface area contributed by atoms with Gasteiger partial charge in [0.1, 0.15) is 5.82 Å². The number of anilines is 1. The van der Waals surface area contributed by atoms with Crippen molar-refractivity contribution in [1.29, 1.82) is 0 Å². The number of likely N-dealkylation sites (tertiary alicyclic amines) is 1.